The van der Waals surface area contributed by atoms with E-state index in [0.717, 1.165) is 0 Å². The maximum Gasteiger partial charge on any atom is 0 e. The zero-order valence-corrected chi connectivity index (χ0v) is 8.46. The van der Waals surface area contributed by atoms with Crippen LogP contribution in [0.1, 0.15) is 0 Å². The molecule has 0 amide bonds. The fraction of sp³-hybridized carbons (Fsp3) is 0. The summed E-state index contributed by atoms with van der Waals surface area (Å²) in [4.78, 5) is 0. The molecule has 1 nitrogen and oxygen atoms in total. The van der Waals surface area contributed by atoms with Crippen LogP contribution in [0.15, 0.2) is 0 Å². The van der Waals surface area contributed by atoms with Crippen molar-refractivity contribution >= 4 is 34.7 Å². The van der Waals surface area contributed by atoms with E-state index < -0.39 is 0 Å². The van der Waals surface area contributed by atoms with Gasteiger partial charge in [-0.2, -0.15) is 0 Å². The molecule has 0 aliphatic rings. The van der Waals surface area contributed by atoms with Crippen LogP contribution in [0.25, 0.3) is 0 Å². The molecule has 0 rings (SSSR count). The smallest absolute Gasteiger partial charge is 0 e. The summed E-state index contributed by atoms with van der Waals surface area (Å²) >= 11 is 0. The van der Waals surface area contributed by atoms with Crippen molar-refractivity contribution in [3.05, 3.63) is 0 Å². The van der Waals surface area contributed by atoms with E-state index in [-0.39, 0.29) is 77.0 Å². The van der Waals surface area contributed by atoms with E-state index in [0.29, 0.717) is 0 Å². The molecule has 0 radical (unpaired) electrons. The van der Waals surface area contributed by atoms with Gasteiger partial charge in [0.15, 0.2) is 0 Å². The third-order valence-corrected chi connectivity index (χ3v) is 0. The van der Waals surface area contributed by atoms with Gasteiger partial charge in [-0.05, 0) is 0 Å². The van der Waals surface area contributed by atoms with Gasteiger partial charge in [0.25, 0.3) is 0 Å². The summed E-state index contributed by atoms with van der Waals surface area (Å²) in [7, 11) is 0. The zero-order chi connectivity index (χ0) is 0. The molecule has 0 aliphatic heterocycles. The molecule has 0 aromatic heterocycles. The maximum atomic E-state index is 0. The van der Waals surface area contributed by atoms with Gasteiger partial charge in [-0.1, -0.05) is 0 Å². The van der Waals surface area contributed by atoms with Gasteiger partial charge in [0.05, 0.1) is 0 Å². The summed E-state index contributed by atoms with van der Waals surface area (Å²) in [6.45, 7) is 0. The Bertz CT molecular complexity index is 11.6. The van der Waals surface area contributed by atoms with E-state index in [2.05, 4.69) is 0 Å². The molecule has 0 aromatic carbocycles. The van der Waals surface area contributed by atoms with Gasteiger partial charge < -0.3 is 5.48 Å². The van der Waals surface area contributed by atoms with Gasteiger partial charge >= 0.3 is 34.7 Å². The summed E-state index contributed by atoms with van der Waals surface area (Å²) < 4.78 is 0. The molecule has 0 aliphatic carbocycles. The molecule has 5 heteroatoms. The first-order chi connectivity index (χ1) is 0. The van der Waals surface area contributed by atoms with Crippen LogP contribution in [-0.2, 0) is 36.8 Å². The van der Waals surface area contributed by atoms with Crippen molar-refractivity contribution in [2.75, 3.05) is 0 Å². The topological polar surface area (TPSA) is 31.5 Å². The Kier molecular flexibility index (Phi) is 403. The predicted molar refractivity (Wildman–Crippen MR) is 23.5 cm³/mol. The molecule has 0 unspecified atom stereocenters. The summed E-state index contributed by atoms with van der Waals surface area (Å²) in [5.74, 6) is 0. The van der Waals surface area contributed by atoms with E-state index >= 15 is 0 Å². The van der Waals surface area contributed by atoms with E-state index in [4.69, 9.17) is 0 Å². The zero-order valence-electron chi connectivity index (χ0n) is 2.12. The van der Waals surface area contributed by atoms with Crippen LogP contribution < -0.4 is 0 Å². The van der Waals surface area contributed by atoms with Gasteiger partial charge in [0.1, 0.15) is 0 Å². The van der Waals surface area contributed by atoms with E-state index in [9.17, 15) is 0 Å². The number of hydrogen-bond acceptors (Lipinski definition) is 0. The van der Waals surface area contributed by atoms with Crippen LogP contribution in [0.2, 0.25) is 0 Å². The van der Waals surface area contributed by atoms with Gasteiger partial charge in [0, 0.05) is 36.8 Å². The minimum absolute atomic E-state index is 0. The molecule has 5 heavy (non-hydrogen) atoms. The first-order valence-electron chi connectivity index (χ1n) is 0. The van der Waals surface area contributed by atoms with Gasteiger partial charge in [-0.15, -0.1) is 0 Å². The average molecular weight is 293 g/mol. The van der Waals surface area contributed by atoms with Crippen LogP contribution in [0, 0.1) is 0 Å². The van der Waals surface area contributed by atoms with Crippen LogP contribution in [0.5, 0.6) is 0 Å². The molecule has 0 atom stereocenters. The van der Waals surface area contributed by atoms with E-state index in [1.54, 1.807) is 0 Å². The molecule has 0 spiro atoms. The fourth-order valence-electron chi connectivity index (χ4n) is 0. The monoisotopic (exact) mass is 294 g/mol. The second-order valence-corrected chi connectivity index (χ2v) is 0. The van der Waals surface area contributed by atoms with Crippen molar-refractivity contribution < 1.29 is 42.3 Å². The van der Waals surface area contributed by atoms with Crippen LogP contribution in [-0.4, -0.2) is 40.1 Å². The minimum Gasteiger partial charge on any atom is 0 e. The minimum atomic E-state index is 0. The van der Waals surface area contributed by atoms with Crippen LogP contribution in [0.4, 0.5) is 0 Å². The second kappa shape index (κ2) is 34.9. The molecule has 0 heterocycles. The molecule has 0 bridgehead atoms. The molecular weight excluding hydrogens is 285 g/mol. The van der Waals surface area contributed by atoms with Gasteiger partial charge in [-0.25, -0.2) is 0 Å². The second-order valence-electron chi connectivity index (χ2n) is 0. The maximum absolute atomic E-state index is 0. The summed E-state index contributed by atoms with van der Waals surface area (Å²) in [5.41, 5.74) is 0. The number of rotatable bonds is 0. The summed E-state index contributed by atoms with van der Waals surface area (Å²) in [5, 5.41) is 0. The molecule has 0 fully saturated rings. The largest absolute Gasteiger partial charge is 0 e. The third kappa shape index (κ3) is 22.7. The van der Waals surface area contributed by atoms with E-state index in [1.807, 2.05) is 0 Å². The first kappa shape index (κ1) is 57.7. The Morgan fingerprint density at radius 2 is 1.00 bits per heavy atom. The standard InChI is InChI=1S/Cr.GeH4.H2O.H2Se.Zn/h;1H4;2*1H2;. The molecule has 0 saturated heterocycles. The quantitative estimate of drug-likeness (QED) is 0.422. The van der Waals surface area contributed by atoms with Crippen molar-refractivity contribution in [1.29, 1.82) is 0 Å². The van der Waals surface area contributed by atoms with Crippen molar-refractivity contribution in [2.45, 2.75) is 0 Å². The normalized spacial score (nSPS) is 0. The van der Waals surface area contributed by atoms with Crippen molar-refractivity contribution in [1.82, 2.24) is 0 Å². The Morgan fingerprint density at radius 1 is 1.00 bits per heavy atom. The van der Waals surface area contributed by atoms with Crippen molar-refractivity contribution in [2.24, 2.45) is 0 Å². The Hall–Kier alpha value is 2.18. The van der Waals surface area contributed by atoms with Crippen molar-refractivity contribution in [3.8, 4) is 0 Å². The molecule has 0 aromatic rings. The fourth-order valence-corrected chi connectivity index (χ4v) is 0. The van der Waals surface area contributed by atoms with Crippen molar-refractivity contribution in [3.63, 3.8) is 0 Å². The molecule has 0 saturated carbocycles. The molecular formula is H8CrGeOSeZn. The SMILES string of the molecule is O.[Cr].[GeH4].[SeH2].[Zn]. The third-order valence-electron chi connectivity index (χ3n) is 0. The molecule has 2 N–H and O–H groups in total. The average Bonchev–Trinajstić information content (AvgIpc) is 0. The summed E-state index contributed by atoms with van der Waals surface area (Å²) in [6, 6.07) is 0. The Balaban J connectivity index is 0. The molecule has 32 valence electrons. The van der Waals surface area contributed by atoms with Gasteiger partial charge in [0.2, 0.25) is 0 Å². The Labute approximate surface area is 76.3 Å². The van der Waals surface area contributed by atoms with Gasteiger partial charge in [-0.3, -0.25) is 0 Å². The van der Waals surface area contributed by atoms with E-state index in [1.165, 1.54) is 0 Å². The van der Waals surface area contributed by atoms with Crippen LogP contribution in [0.3, 0.4) is 0 Å². The summed E-state index contributed by atoms with van der Waals surface area (Å²) in [6.07, 6.45) is 0. The first-order valence-corrected chi connectivity index (χ1v) is 0. The predicted octanol–water partition coefficient (Wildman–Crippen LogP) is -3.20. The number of hydrogen-bond donors (Lipinski definition) is 0. The Morgan fingerprint density at radius 3 is 1.00 bits per heavy atom. The van der Waals surface area contributed by atoms with Crippen LogP contribution >= 0.6 is 0 Å².